The monoisotopic (exact) mass is 389 g/mol. The largest absolute Gasteiger partial charge is 0.480 e. The lowest BCUT2D eigenvalue weighted by molar-refractivity contribution is -0.143. The molecule has 28 heavy (non-hydrogen) atoms. The number of hydrogen-bond acceptors (Lipinski definition) is 5. The van der Waals surface area contributed by atoms with E-state index in [-0.39, 0.29) is 25.4 Å². The lowest BCUT2D eigenvalue weighted by atomic mass is 9.99. The van der Waals surface area contributed by atoms with Gasteiger partial charge in [-0.3, -0.25) is 4.79 Å². The van der Waals surface area contributed by atoms with Crippen LogP contribution in [0.1, 0.15) is 44.6 Å². The highest BCUT2D eigenvalue weighted by Gasteiger charge is 2.25. The Kier molecular flexibility index (Phi) is 10.8. The van der Waals surface area contributed by atoms with E-state index in [0.29, 0.717) is 25.8 Å². The molecule has 0 spiro atoms. The average Bonchev–Trinajstić information content (AvgIpc) is 2.67. The van der Waals surface area contributed by atoms with E-state index >= 15 is 0 Å². The number of carbonyl (C=O) groups is 3. The van der Waals surface area contributed by atoms with Crippen LogP contribution in [0, 0.1) is 17.2 Å². The number of hydrogen-bond donors (Lipinski definition) is 3. The van der Waals surface area contributed by atoms with Crippen molar-refractivity contribution in [3.63, 3.8) is 0 Å². The lowest BCUT2D eigenvalue weighted by Crippen LogP contribution is -2.45. The quantitative estimate of drug-likeness (QED) is 0.471. The molecule has 0 aliphatic heterocycles. The first-order valence-corrected chi connectivity index (χ1v) is 9.27. The van der Waals surface area contributed by atoms with Crippen LogP contribution in [0.4, 0.5) is 4.79 Å². The Morgan fingerprint density at radius 1 is 1.18 bits per heavy atom. The molecule has 1 aromatic carbocycles. The number of rotatable bonds is 12. The van der Waals surface area contributed by atoms with Gasteiger partial charge in [-0.25, -0.2) is 9.59 Å². The number of ether oxygens (including phenoxy) is 1. The maximum Gasteiger partial charge on any atom is 0.407 e. The Morgan fingerprint density at radius 3 is 2.54 bits per heavy atom. The first-order chi connectivity index (χ1) is 13.4. The maximum atomic E-state index is 11.9. The van der Waals surface area contributed by atoms with Crippen LogP contribution in [0.5, 0.6) is 0 Å². The second kappa shape index (κ2) is 13.1. The van der Waals surface area contributed by atoms with E-state index in [1.54, 1.807) is 6.92 Å². The van der Waals surface area contributed by atoms with Crippen molar-refractivity contribution in [2.75, 3.05) is 6.54 Å². The lowest BCUT2D eigenvalue weighted by Gasteiger charge is -2.19. The highest BCUT2D eigenvalue weighted by atomic mass is 16.5. The number of nitriles is 1. The van der Waals surface area contributed by atoms with E-state index in [9.17, 15) is 14.4 Å². The smallest absolute Gasteiger partial charge is 0.407 e. The summed E-state index contributed by atoms with van der Waals surface area (Å²) in [6.07, 6.45) is 1.73. The zero-order chi connectivity index (χ0) is 20.8. The van der Waals surface area contributed by atoms with Crippen LogP contribution in [0.25, 0.3) is 0 Å². The molecule has 0 saturated carbocycles. The van der Waals surface area contributed by atoms with Crippen molar-refractivity contribution in [1.82, 2.24) is 10.6 Å². The number of alkyl carbamates (subject to hydrolysis) is 1. The fraction of sp³-hybridized carbons (Fsp3) is 0.500. The zero-order valence-corrected chi connectivity index (χ0v) is 16.0. The third-order valence-corrected chi connectivity index (χ3v) is 4.13. The van der Waals surface area contributed by atoms with Crippen molar-refractivity contribution in [3.8, 4) is 6.07 Å². The number of nitrogens with zero attached hydrogens (tertiary/aromatic N) is 1. The van der Waals surface area contributed by atoms with Crippen LogP contribution in [0.15, 0.2) is 30.3 Å². The minimum atomic E-state index is -1.14. The second-order valence-corrected chi connectivity index (χ2v) is 6.52. The molecule has 0 radical (unpaired) electrons. The van der Waals surface area contributed by atoms with Gasteiger partial charge in [-0.1, -0.05) is 43.7 Å². The maximum absolute atomic E-state index is 11.9. The third-order valence-electron chi connectivity index (χ3n) is 4.13. The van der Waals surface area contributed by atoms with Crippen LogP contribution in [0.3, 0.4) is 0 Å². The predicted molar refractivity (Wildman–Crippen MR) is 102 cm³/mol. The van der Waals surface area contributed by atoms with Gasteiger partial charge in [-0.05, 0) is 18.4 Å². The molecule has 2 atom stereocenters. The van der Waals surface area contributed by atoms with Crippen LogP contribution in [-0.2, 0) is 20.9 Å². The minimum Gasteiger partial charge on any atom is -0.480 e. The first kappa shape index (κ1) is 23.0. The summed E-state index contributed by atoms with van der Waals surface area (Å²) in [6, 6.07) is 10.2. The Labute approximate surface area is 164 Å². The van der Waals surface area contributed by atoms with Gasteiger partial charge in [-0.15, -0.1) is 0 Å². The summed E-state index contributed by atoms with van der Waals surface area (Å²) in [5.41, 5.74) is 0.910. The Hall–Kier alpha value is -3.08. The molecule has 1 rings (SSSR count). The molecule has 2 amide bonds. The molecule has 0 unspecified atom stereocenters. The van der Waals surface area contributed by atoms with Gasteiger partial charge >= 0.3 is 12.1 Å². The number of unbranched alkanes of at least 4 members (excludes halogenated alkanes) is 2. The number of nitrogens with one attached hydrogen (secondary N) is 2. The fourth-order valence-corrected chi connectivity index (χ4v) is 2.51. The van der Waals surface area contributed by atoms with Gasteiger partial charge in [-0.2, -0.15) is 5.26 Å². The molecule has 3 N–H and O–H groups in total. The van der Waals surface area contributed by atoms with Crippen LogP contribution in [0.2, 0.25) is 0 Å². The molecular formula is C20H27N3O5. The number of carbonyl (C=O) groups excluding carboxylic acids is 2. The van der Waals surface area contributed by atoms with Gasteiger partial charge in [0.05, 0.1) is 6.07 Å². The van der Waals surface area contributed by atoms with Gasteiger partial charge in [0.15, 0.2) is 0 Å². The van der Waals surface area contributed by atoms with E-state index in [1.165, 1.54) is 0 Å². The summed E-state index contributed by atoms with van der Waals surface area (Å²) in [6.45, 7) is 2.26. The number of aliphatic carboxylic acids is 1. The summed E-state index contributed by atoms with van der Waals surface area (Å²) in [5.74, 6) is -1.96. The minimum absolute atomic E-state index is 0.0588. The fourth-order valence-electron chi connectivity index (χ4n) is 2.51. The molecule has 0 aromatic heterocycles. The van der Waals surface area contributed by atoms with Crippen LogP contribution < -0.4 is 10.6 Å². The van der Waals surface area contributed by atoms with Gasteiger partial charge in [0, 0.05) is 25.3 Å². The molecule has 0 fully saturated rings. The number of carboxylic acids is 1. The van der Waals surface area contributed by atoms with Crippen LogP contribution in [-0.4, -0.2) is 35.7 Å². The summed E-state index contributed by atoms with van der Waals surface area (Å²) in [4.78, 5) is 34.7. The molecular weight excluding hydrogens is 362 g/mol. The predicted octanol–water partition coefficient (Wildman–Crippen LogP) is 2.59. The zero-order valence-electron chi connectivity index (χ0n) is 16.0. The molecule has 0 bridgehead atoms. The van der Waals surface area contributed by atoms with Crippen molar-refractivity contribution in [3.05, 3.63) is 35.9 Å². The van der Waals surface area contributed by atoms with Gasteiger partial charge in [0.2, 0.25) is 5.91 Å². The number of carboxylic acid groups (broad SMARTS) is 1. The molecule has 1 aromatic rings. The van der Waals surface area contributed by atoms with E-state index in [2.05, 4.69) is 10.6 Å². The normalized spacial score (nSPS) is 12.3. The van der Waals surface area contributed by atoms with Gasteiger partial charge in [0.1, 0.15) is 12.6 Å². The highest BCUT2D eigenvalue weighted by molar-refractivity contribution is 5.83. The summed E-state index contributed by atoms with van der Waals surface area (Å²) < 4.78 is 5.09. The summed E-state index contributed by atoms with van der Waals surface area (Å²) >= 11 is 0. The highest BCUT2D eigenvalue weighted by Crippen LogP contribution is 2.09. The van der Waals surface area contributed by atoms with E-state index in [0.717, 1.165) is 5.56 Å². The molecule has 0 heterocycles. The first-order valence-electron chi connectivity index (χ1n) is 9.27. The van der Waals surface area contributed by atoms with Gasteiger partial charge < -0.3 is 20.5 Å². The number of benzene rings is 1. The standard InChI is InChI=1S/C20H27N3O5/c1-15(11-12-21)18(19(25)26)23-17(24)10-6-3-7-13-22-20(27)28-14-16-8-4-2-5-9-16/h2,4-5,8-9,15,18H,3,6-7,10-11,13-14H2,1H3,(H,22,27)(H,23,24)(H,25,26)/t15-,18-/m0/s1. The Bertz CT molecular complexity index is 672. The molecule has 152 valence electrons. The number of amides is 2. The second-order valence-electron chi connectivity index (χ2n) is 6.52. The molecule has 0 aliphatic carbocycles. The van der Waals surface area contributed by atoms with E-state index in [4.69, 9.17) is 15.1 Å². The third kappa shape index (κ3) is 9.57. The molecule has 8 nitrogen and oxygen atoms in total. The summed E-state index contributed by atoms with van der Waals surface area (Å²) in [7, 11) is 0. The van der Waals surface area contributed by atoms with Gasteiger partial charge in [0.25, 0.3) is 0 Å². The Balaban J connectivity index is 2.12. The molecule has 8 heteroatoms. The van der Waals surface area contributed by atoms with Crippen molar-refractivity contribution < 1.29 is 24.2 Å². The Morgan fingerprint density at radius 2 is 1.89 bits per heavy atom. The van der Waals surface area contributed by atoms with E-state index in [1.807, 2.05) is 36.4 Å². The van der Waals surface area contributed by atoms with Crippen molar-refractivity contribution in [1.29, 1.82) is 5.26 Å². The van der Waals surface area contributed by atoms with Crippen molar-refractivity contribution in [2.45, 2.75) is 51.7 Å². The molecule has 0 aliphatic rings. The van der Waals surface area contributed by atoms with Crippen LogP contribution >= 0.6 is 0 Å². The van der Waals surface area contributed by atoms with Crippen molar-refractivity contribution in [2.24, 2.45) is 5.92 Å². The summed E-state index contributed by atoms with van der Waals surface area (Å²) in [5, 5.41) is 22.9. The van der Waals surface area contributed by atoms with E-state index < -0.39 is 24.0 Å². The van der Waals surface area contributed by atoms with Crippen molar-refractivity contribution >= 4 is 18.0 Å². The average molecular weight is 389 g/mol. The molecule has 0 saturated heterocycles. The SMILES string of the molecule is C[C@@H](CC#N)[C@H](NC(=O)CCCCCNC(=O)OCc1ccccc1)C(=O)O. The topological polar surface area (TPSA) is 129 Å².